The zero-order chi connectivity index (χ0) is 22.7. The monoisotopic (exact) mass is 448 g/mol. The highest BCUT2D eigenvalue weighted by atomic mass is 32.2. The van der Waals surface area contributed by atoms with Crippen LogP contribution in [-0.4, -0.2) is 32.3 Å². The molecule has 4 rings (SSSR count). The van der Waals surface area contributed by atoms with Crippen molar-refractivity contribution in [2.45, 2.75) is 17.9 Å². The van der Waals surface area contributed by atoms with Gasteiger partial charge in [-0.1, -0.05) is 30.3 Å². The lowest BCUT2D eigenvalue weighted by Gasteiger charge is -2.28. The number of carbonyl (C=O) groups excluding carboxylic acids is 1. The molecule has 0 saturated carbocycles. The van der Waals surface area contributed by atoms with Gasteiger partial charge in [0.15, 0.2) is 11.5 Å². The fourth-order valence-corrected chi connectivity index (χ4v) is 5.05. The summed E-state index contributed by atoms with van der Waals surface area (Å²) in [5.41, 5.74) is 2.58. The largest absolute Gasteiger partial charge is 0.493 e. The quantitative estimate of drug-likeness (QED) is 0.438. The summed E-state index contributed by atoms with van der Waals surface area (Å²) >= 11 is 0. The molecule has 32 heavy (non-hydrogen) atoms. The number of fused-ring (bicyclic) bond motifs is 1. The fraction of sp³-hybridized carbons (Fsp3) is 0.167. The van der Waals surface area contributed by atoms with Crippen LogP contribution >= 0.6 is 0 Å². The lowest BCUT2D eigenvalue weighted by Crippen LogP contribution is -2.36. The Balaban J connectivity index is 1.57. The molecule has 8 heteroatoms. The van der Waals surface area contributed by atoms with Gasteiger partial charge >= 0.3 is 5.97 Å². The average molecular weight is 449 g/mol. The molecule has 0 N–H and O–H groups in total. The Morgan fingerprint density at radius 3 is 2.53 bits per heavy atom. The Morgan fingerprint density at radius 2 is 1.78 bits per heavy atom. The second kappa shape index (κ2) is 8.83. The summed E-state index contributed by atoms with van der Waals surface area (Å²) in [7, 11) is -2.39. The maximum atomic E-state index is 13.2. The van der Waals surface area contributed by atoms with Crippen molar-refractivity contribution in [3.8, 4) is 17.6 Å². The standard InChI is InChI=1S/C24H20N2O5S/c1-30-23-13-17(15-25)9-10-22(23)31-24(27)19-7-4-8-21(14-19)32(28,29)26-12-11-18-5-2-3-6-20(18)16-26/h2-10,13-14H,11-12,16H2,1H3. The van der Waals surface area contributed by atoms with Crippen LogP contribution in [0.25, 0.3) is 0 Å². The third-order valence-corrected chi connectivity index (χ3v) is 7.14. The minimum absolute atomic E-state index is 0.0260. The van der Waals surface area contributed by atoms with Crippen LogP contribution in [0.2, 0.25) is 0 Å². The molecule has 0 bridgehead atoms. The van der Waals surface area contributed by atoms with Crippen LogP contribution in [0.15, 0.2) is 71.6 Å². The van der Waals surface area contributed by atoms with Crippen LogP contribution in [-0.2, 0) is 23.0 Å². The topological polar surface area (TPSA) is 96.7 Å². The molecule has 0 radical (unpaired) electrons. The lowest BCUT2D eigenvalue weighted by atomic mass is 10.0. The zero-order valence-electron chi connectivity index (χ0n) is 17.3. The van der Waals surface area contributed by atoms with Gasteiger partial charge in [0.25, 0.3) is 0 Å². The van der Waals surface area contributed by atoms with Crippen molar-refractivity contribution in [3.05, 3.63) is 89.0 Å². The summed E-state index contributed by atoms with van der Waals surface area (Å²) < 4.78 is 38.4. The summed E-state index contributed by atoms with van der Waals surface area (Å²) in [4.78, 5) is 12.7. The maximum absolute atomic E-state index is 13.2. The molecule has 0 aliphatic carbocycles. The third-order valence-electron chi connectivity index (χ3n) is 5.30. The van der Waals surface area contributed by atoms with E-state index in [2.05, 4.69) is 0 Å². The summed E-state index contributed by atoms with van der Waals surface area (Å²) in [6.45, 7) is 0.659. The molecule has 0 fully saturated rings. The number of ether oxygens (including phenoxy) is 2. The van der Waals surface area contributed by atoms with E-state index in [9.17, 15) is 13.2 Å². The van der Waals surface area contributed by atoms with Gasteiger partial charge in [-0.2, -0.15) is 9.57 Å². The minimum Gasteiger partial charge on any atom is -0.493 e. The number of nitriles is 1. The predicted octanol–water partition coefficient (Wildman–Crippen LogP) is 3.53. The van der Waals surface area contributed by atoms with E-state index in [1.54, 1.807) is 0 Å². The Morgan fingerprint density at radius 1 is 1.00 bits per heavy atom. The number of carbonyl (C=O) groups is 1. The van der Waals surface area contributed by atoms with Gasteiger partial charge in [0.2, 0.25) is 10.0 Å². The number of sulfonamides is 1. The van der Waals surface area contributed by atoms with E-state index in [0.717, 1.165) is 11.1 Å². The SMILES string of the molecule is COc1cc(C#N)ccc1OC(=O)c1cccc(S(=O)(=O)N2CCc3ccccc3C2)c1. The van der Waals surface area contributed by atoms with Crippen LogP contribution in [0.1, 0.15) is 27.0 Å². The number of rotatable bonds is 5. The van der Waals surface area contributed by atoms with Crippen molar-refractivity contribution in [2.24, 2.45) is 0 Å². The molecule has 0 aromatic heterocycles. The van der Waals surface area contributed by atoms with Crippen molar-refractivity contribution in [1.29, 1.82) is 5.26 Å². The summed E-state index contributed by atoms with van der Waals surface area (Å²) in [6, 6.07) is 20.0. The first kappa shape index (κ1) is 21.6. The Bertz CT molecular complexity index is 1330. The van der Waals surface area contributed by atoms with E-state index in [1.807, 2.05) is 30.3 Å². The Hall–Kier alpha value is -3.67. The van der Waals surface area contributed by atoms with Gasteiger partial charge in [0.05, 0.1) is 29.2 Å². The van der Waals surface area contributed by atoms with Gasteiger partial charge < -0.3 is 9.47 Å². The molecular weight excluding hydrogens is 428 g/mol. The summed E-state index contributed by atoms with van der Waals surface area (Å²) in [5.74, 6) is -0.361. The molecule has 0 atom stereocenters. The summed E-state index contributed by atoms with van der Waals surface area (Å²) in [6.07, 6.45) is 0.635. The molecule has 1 aliphatic rings. The Kier molecular flexibility index (Phi) is 5.95. The number of methoxy groups -OCH3 is 1. The predicted molar refractivity (Wildman–Crippen MR) is 117 cm³/mol. The maximum Gasteiger partial charge on any atom is 0.343 e. The minimum atomic E-state index is -3.79. The molecule has 0 amide bonds. The highest BCUT2D eigenvalue weighted by molar-refractivity contribution is 7.89. The number of esters is 1. The van der Waals surface area contributed by atoms with Gasteiger partial charge in [0, 0.05) is 19.2 Å². The van der Waals surface area contributed by atoms with Crippen LogP contribution < -0.4 is 9.47 Å². The number of hydrogen-bond donors (Lipinski definition) is 0. The average Bonchev–Trinajstić information content (AvgIpc) is 2.84. The second-order valence-corrected chi connectivity index (χ2v) is 9.19. The van der Waals surface area contributed by atoms with Gasteiger partial charge in [-0.05, 0) is 47.9 Å². The zero-order valence-corrected chi connectivity index (χ0v) is 18.1. The van der Waals surface area contributed by atoms with Gasteiger partial charge in [-0.25, -0.2) is 13.2 Å². The number of nitrogens with zero attached hydrogens (tertiary/aromatic N) is 2. The molecule has 0 saturated heterocycles. The van der Waals surface area contributed by atoms with E-state index in [1.165, 1.54) is 53.9 Å². The van der Waals surface area contributed by atoms with E-state index < -0.39 is 16.0 Å². The molecule has 1 aliphatic heterocycles. The first-order valence-electron chi connectivity index (χ1n) is 9.89. The van der Waals surface area contributed by atoms with Gasteiger partial charge in [-0.15, -0.1) is 0 Å². The van der Waals surface area contributed by atoms with Crippen molar-refractivity contribution < 1.29 is 22.7 Å². The molecule has 0 unspecified atom stereocenters. The highest BCUT2D eigenvalue weighted by Gasteiger charge is 2.29. The van der Waals surface area contributed by atoms with Crippen molar-refractivity contribution in [3.63, 3.8) is 0 Å². The second-order valence-electron chi connectivity index (χ2n) is 7.25. The van der Waals surface area contributed by atoms with Crippen molar-refractivity contribution in [2.75, 3.05) is 13.7 Å². The third kappa shape index (κ3) is 4.21. The Labute approximate surface area is 186 Å². The fourth-order valence-electron chi connectivity index (χ4n) is 3.59. The molecule has 1 heterocycles. The number of hydrogen-bond acceptors (Lipinski definition) is 6. The van der Waals surface area contributed by atoms with E-state index in [4.69, 9.17) is 14.7 Å². The van der Waals surface area contributed by atoms with Gasteiger partial charge in [0.1, 0.15) is 0 Å². The smallest absolute Gasteiger partial charge is 0.343 e. The van der Waals surface area contributed by atoms with Crippen LogP contribution in [0.5, 0.6) is 11.5 Å². The highest BCUT2D eigenvalue weighted by Crippen LogP contribution is 2.29. The molecule has 7 nitrogen and oxygen atoms in total. The van der Waals surface area contributed by atoms with E-state index in [0.29, 0.717) is 18.5 Å². The molecule has 162 valence electrons. The number of benzene rings is 3. The van der Waals surface area contributed by atoms with Crippen LogP contribution in [0.3, 0.4) is 0 Å². The van der Waals surface area contributed by atoms with E-state index >= 15 is 0 Å². The normalized spacial score (nSPS) is 13.6. The first-order valence-corrected chi connectivity index (χ1v) is 11.3. The molecule has 0 spiro atoms. The van der Waals surface area contributed by atoms with E-state index in [-0.39, 0.29) is 28.5 Å². The molecular formula is C24H20N2O5S. The first-order chi connectivity index (χ1) is 15.4. The summed E-state index contributed by atoms with van der Waals surface area (Å²) in [5, 5.41) is 9.00. The van der Waals surface area contributed by atoms with Crippen molar-refractivity contribution in [1.82, 2.24) is 4.31 Å². The lowest BCUT2D eigenvalue weighted by molar-refractivity contribution is 0.0729. The van der Waals surface area contributed by atoms with Crippen molar-refractivity contribution >= 4 is 16.0 Å². The van der Waals surface area contributed by atoms with Gasteiger partial charge in [-0.3, -0.25) is 0 Å². The molecule has 3 aromatic rings. The van der Waals surface area contributed by atoms with Crippen LogP contribution in [0.4, 0.5) is 0 Å². The van der Waals surface area contributed by atoms with Crippen LogP contribution in [0, 0.1) is 11.3 Å². The molecule has 3 aromatic carbocycles.